The van der Waals surface area contributed by atoms with Crippen molar-refractivity contribution in [3.8, 4) is 21.8 Å². The molecule has 0 radical (unpaired) electrons. The number of hydrogen-bond acceptors (Lipinski definition) is 5. The fraction of sp³-hybridized carbons (Fsp3) is 0.0667. The normalized spacial score (nSPS) is 11.5. The van der Waals surface area contributed by atoms with Crippen LogP contribution in [0, 0.1) is 6.92 Å². The topological polar surface area (TPSA) is 85.9 Å². The molecule has 0 fully saturated rings. The summed E-state index contributed by atoms with van der Waals surface area (Å²) in [6.45, 7) is 2.01. The Kier molecular flexibility index (Phi) is 3.78. The molecule has 7 heteroatoms. The predicted molar refractivity (Wildman–Crippen MR) is 86.9 cm³/mol. The zero-order valence-electron chi connectivity index (χ0n) is 11.7. The number of sulfonamides is 1. The van der Waals surface area contributed by atoms with Crippen molar-refractivity contribution in [1.29, 1.82) is 0 Å². The lowest BCUT2D eigenvalue weighted by atomic mass is 10.1. The lowest BCUT2D eigenvalue weighted by molar-refractivity contribution is 0.598. The third-order valence-corrected chi connectivity index (χ3v) is 5.06. The van der Waals surface area contributed by atoms with Gasteiger partial charge < -0.3 is 0 Å². The van der Waals surface area contributed by atoms with Crippen molar-refractivity contribution >= 4 is 21.4 Å². The van der Waals surface area contributed by atoms with Crippen molar-refractivity contribution in [1.82, 2.24) is 9.97 Å². The van der Waals surface area contributed by atoms with Gasteiger partial charge in [0.25, 0.3) is 0 Å². The number of aryl methyl sites for hydroxylation is 1. The summed E-state index contributed by atoms with van der Waals surface area (Å²) in [4.78, 5) is 8.82. The number of benzene rings is 1. The Morgan fingerprint density at radius 3 is 2.50 bits per heavy atom. The summed E-state index contributed by atoms with van der Waals surface area (Å²) < 4.78 is 22.5. The van der Waals surface area contributed by atoms with E-state index in [1.165, 1.54) is 23.5 Å². The summed E-state index contributed by atoms with van der Waals surface area (Å²) >= 11 is 1.53. The molecule has 0 aliphatic heterocycles. The minimum Gasteiger partial charge on any atom is -0.264 e. The zero-order valence-corrected chi connectivity index (χ0v) is 13.4. The molecule has 2 heterocycles. The van der Waals surface area contributed by atoms with E-state index in [2.05, 4.69) is 9.97 Å². The van der Waals surface area contributed by atoms with Crippen molar-refractivity contribution in [2.45, 2.75) is 11.8 Å². The Bertz CT molecular complexity index is 916. The number of nitrogens with two attached hydrogens (primary N) is 1. The first kappa shape index (κ1) is 14.8. The van der Waals surface area contributed by atoms with Gasteiger partial charge in [0.2, 0.25) is 10.0 Å². The fourth-order valence-electron chi connectivity index (χ4n) is 2.03. The lowest BCUT2D eigenvalue weighted by Gasteiger charge is -2.01. The fourth-order valence-corrected chi connectivity index (χ4v) is 3.45. The third kappa shape index (κ3) is 2.92. The van der Waals surface area contributed by atoms with Crippen LogP contribution in [0.5, 0.6) is 0 Å². The number of pyridine rings is 1. The molecule has 3 rings (SSSR count). The molecule has 5 nitrogen and oxygen atoms in total. The van der Waals surface area contributed by atoms with E-state index in [1.807, 2.05) is 18.4 Å². The summed E-state index contributed by atoms with van der Waals surface area (Å²) in [6.07, 6.45) is 3.54. The molecule has 2 aromatic heterocycles. The van der Waals surface area contributed by atoms with Crippen molar-refractivity contribution < 1.29 is 8.42 Å². The van der Waals surface area contributed by atoms with E-state index in [-0.39, 0.29) is 4.90 Å². The second-order valence-corrected chi connectivity index (χ2v) is 7.22. The van der Waals surface area contributed by atoms with Gasteiger partial charge in [-0.15, -0.1) is 11.3 Å². The van der Waals surface area contributed by atoms with Gasteiger partial charge in [0.05, 0.1) is 10.6 Å². The van der Waals surface area contributed by atoms with Crippen LogP contribution in [0.1, 0.15) is 5.56 Å². The predicted octanol–water partition coefficient (Wildman–Crippen LogP) is 2.83. The number of aromatic nitrogens is 2. The number of hydrogen-bond donors (Lipinski definition) is 1. The van der Waals surface area contributed by atoms with Gasteiger partial charge in [-0.2, -0.15) is 0 Å². The highest BCUT2D eigenvalue weighted by molar-refractivity contribution is 7.89. The Morgan fingerprint density at radius 1 is 1.14 bits per heavy atom. The molecule has 22 heavy (non-hydrogen) atoms. The van der Waals surface area contributed by atoms with Crippen molar-refractivity contribution in [3.05, 3.63) is 53.7 Å². The van der Waals surface area contributed by atoms with Crippen molar-refractivity contribution in [3.63, 3.8) is 0 Å². The number of nitrogens with zero attached hydrogens (tertiary/aromatic N) is 2. The summed E-state index contributed by atoms with van der Waals surface area (Å²) in [5.74, 6) is 0. The van der Waals surface area contributed by atoms with Crippen LogP contribution in [-0.4, -0.2) is 18.4 Å². The lowest BCUT2D eigenvalue weighted by Crippen LogP contribution is -2.11. The van der Waals surface area contributed by atoms with E-state index in [4.69, 9.17) is 5.14 Å². The Morgan fingerprint density at radius 2 is 1.86 bits per heavy atom. The molecule has 0 spiro atoms. The minimum atomic E-state index is -3.67. The van der Waals surface area contributed by atoms with Crippen LogP contribution in [0.4, 0.5) is 0 Å². The Hall–Kier alpha value is -2.09. The first-order chi connectivity index (χ1) is 10.4. The van der Waals surface area contributed by atoms with Crippen LogP contribution >= 0.6 is 11.3 Å². The Balaban J connectivity index is 1.96. The third-order valence-electron chi connectivity index (χ3n) is 3.25. The molecule has 0 aliphatic carbocycles. The summed E-state index contributed by atoms with van der Waals surface area (Å²) in [7, 11) is -3.67. The highest BCUT2D eigenvalue weighted by Gasteiger charge is 2.11. The molecule has 1 aromatic carbocycles. The standard InChI is InChI=1S/C15H13N3O2S2/c1-10-6-7-17-8-13(10)15-18-14(9-21-15)11-2-4-12(5-3-11)22(16,19)20/h2-9H,1H3,(H2,16,19,20). The van der Waals surface area contributed by atoms with E-state index in [0.29, 0.717) is 0 Å². The highest BCUT2D eigenvalue weighted by Crippen LogP contribution is 2.30. The quantitative estimate of drug-likeness (QED) is 0.799. The van der Waals surface area contributed by atoms with Crippen LogP contribution in [0.2, 0.25) is 0 Å². The molecular formula is C15H13N3O2S2. The average molecular weight is 331 g/mol. The largest absolute Gasteiger partial charge is 0.264 e. The summed E-state index contributed by atoms with van der Waals surface area (Å²) in [5, 5.41) is 7.92. The number of thiazole rings is 1. The summed E-state index contributed by atoms with van der Waals surface area (Å²) in [5.41, 5.74) is 3.75. The van der Waals surface area contributed by atoms with Crippen LogP contribution < -0.4 is 5.14 Å². The van der Waals surface area contributed by atoms with Gasteiger partial charge in [-0.25, -0.2) is 18.5 Å². The molecule has 0 aliphatic rings. The molecule has 0 saturated carbocycles. The smallest absolute Gasteiger partial charge is 0.238 e. The van der Waals surface area contributed by atoms with Crippen LogP contribution in [0.3, 0.4) is 0 Å². The van der Waals surface area contributed by atoms with E-state index < -0.39 is 10.0 Å². The van der Waals surface area contributed by atoms with Crippen LogP contribution in [0.25, 0.3) is 21.8 Å². The van der Waals surface area contributed by atoms with Crippen LogP contribution in [0.15, 0.2) is 53.0 Å². The SMILES string of the molecule is Cc1ccncc1-c1nc(-c2ccc(S(N)(=O)=O)cc2)cs1. The molecule has 3 aromatic rings. The van der Waals surface area contributed by atoms with E-state index in [9.17, 15) is 8.42 Å². The molecule has 0 saturated heterocycles. The van der Waals surface area contributed by atoms with Gasteiger partial charge in [-0.05, 0) is 30.7 Å². The van der Waals surface area contributed by atoms with Gasteiger partial charge in [-0.1, -0.05) is 12.1 Å². The minimum absolute atomic E-state index is 0.0924. The summed E-state index contributed by atoms with van der Waals surface area (Å²) in [6, 6.07) is 8.32. The van der Waals surface area contributed by atoms with E-state index in [0.717, 1.165) is 27.4 Å². The van der Waals surface area contributed by atoms with Gasteiger partial charge >= 0.3 is 0 Å². The van der Waals surface area contributed by atoms with Crippen molar-refractivity contribution in [2.24, 2.45) is 5.14 Å². The molecule has 0 bridgehead atoms. The average Bonchev–Trinajstić information content (AvgIpc) is 2.96. The molecule has 0 atom stereocenters. The van der Waals surface area contributed by atoms with Crippen molar-refractivity contribution in [2.75, 3.05) is 0 Å². The van der Waals surface area contributed by atoms with E-state index in [1.54, 1.807) is 24.5 Å². The maximum atomic E-state index is 11.3. The maximum absolute atomic E-state index is 11.3. The first-order valence-corrected chi connectivity index (χ1v) is 8.87. The zero-order chi connectivity index (χ0) is 15.7. The van der Waals surface area contributed by atoms with Gasteiger partial charge in [0.15, 0.2) is 0 Å². The number of primary sulfonamides is 1. The van der Waals surface area contributed by atoms with Gasteiger partial charge in [0, 0.05) is 28.9 Å². The molecule has 2 N–H and O–H groups in total. The van der Waals surface area contributed by atoms with Crippen LogP contribution in [-0.2, 0) is 10.0 Å². The molecular weight excluding hydrogens is 318 g/mol. The first-order valence-electron chi connectivity index (χ1n) is 6.45. The van der Waals surface area contributed by atoms with E-state index >= 15 is 0 Å². The molecule has 112 valence electrons. The monoisotopic (exact) mass is 331 g/mol. The maximum Gasteiger partial charge on any atom is 0.238 e. The molecule has 0 unspecified atom stereocenters. The van der Waals surface area contributed by atoms with Gasteiger partial charge in [-0.3, -0.25) is 4.98 Å². The molecule has 0 amide bonds. The second-order valence-electron chi connectivity index (χ2n) is 4.80. The Labute approximate surface area is 132 Å². The number of rotatable bonds is 3. The second kappa shape index (κ2) is 5.60. The van der Waals surface area contributed by atoms with Gasteiger partial charge in [0.1, 0.15) is 5.01 Å². The highest BCUT2D eigenvalue weighted by atomic mass is 32.2.